The van der Waals surface area contributed by atoms with Gasteiger partial charge in [-0.05, 0) is 44.3 Å². The van der Waals surface area contributed by atoms with Gasteiger partial charge in [0.25, 0.3) is 0 Å². The molecule has 0 fully saturated rings. The predicted molar refractivity (Wildman–Crippen MR) is 102 cm³/mol. The number of carboxylic acid groups (broad SMARTS) is 1. The second-order valence-corrected chi connectivity index (χ2v) is 5.95. The molecule has 0 aliphatic rings. The fourth-order valence-electron chi connectivity index (χ4n) is 2.44. The number of nitrogens with one attached hydrogen (secondary N) is 2. The molecule has 0 aliphatic carbocycles. The van der Waals surface area contributed by atoms with E-state index in [0.29, 0.717) is 5.56 Å². The number of aliphatic carboxylic acids is 1. The summed E-state index contributed by atoms with van der Waals surface area (Å²) in [7, 11) is 3.75. The van der Waals surface area contributed by atoms with Crippen molar-refractivity contribution in [3.63, 3.8) is 0 Å². The van der Waals surface area contributed by atoms with Crippen LogP contribution in [-0.2, 0) is 17.4 Å². The fourth-order valence-corrected chi connectivity index (χ4v) is 2.44. The van der Waals surface area contributed by atoms with Crippen LogP contribution in [0.4, 0.5) is 28.9 Å². The average molecular weight is 398 g/mol. The summed E-state index contributed by atoms with van der Waals surface area (Å²) in [5.41, 5.74) is -0.835. The maximum atomic E-state index is 14.4. The zero-order valence-corrected chi connectivity index (χ0v) is 15.7. The first kappa shape index (κ1) is 23.2. The normalized spacial score (nSPS) is 10.7. The first-order valence-corrected chi connectivity index (χ1v) is 8.24. The molecule has 0 atom stereocenters. The summed E-state index contributed by atoms with van der Waals surface area (Å²) in [4.78, 5) is 11.0. The quantitative estimate of drug-likeness (QED) is 0.620. The van der Waals surface area contributed by atoms with E-state index in [9.17, 15) is 22.4 Å². The van der Waals surface area contributed by atoms with E-state index in [1.54, 1.807) is 19.1 Å². The summed E-state index contributed by atoms with van der Waals surface area (Å²) in [6.07, 6.45) is -4.30. The van der Waals surface area contributed by atoms with Crippen molar-refractivity contribution in [2.75, 3.05) is 19.4 Å². The first-order chi connectivity index (χ1) is 13.0. The van der Waals surface area contributed by atoms with Gasteiger partial charge in [-0.25, -0.2) is 4.39 Å². The molecule has 0 unspecified atom stereocenters. The zero-order valence-electron chi connectivity index (χ0n) is 15.7. The number of hydrogen-bond acceptors (Lipinski definition) is 3. The highest BCUT2D eigenvalue weighted by Crippen LogP contribution is 2.38. The lowest BCUT2D eigenvalue weighted by Gasteiger charge is -2.17. The van der Waals surface area contributed by atoms with Gasteiger partial charge in [-0.2, -0.15) is 13.2 Å². The summed E-state index contributed by atoms with van der Waals surface area (Å²) >= 11 is 0. The molecule has 0 amide bonds. The highest BCUT2D eigenvalue weighted by atomic mass is 19.4. The van der Waals surface area contributed by atoms with Crippen LogP contribution in [0.15, 0.2) is 36.9 Å². The van der Waals surface area contributed by atoms with E-state index in [2.05, 4.69) is 17.2 Å². The van der Waals surface area contributed by atoms with Gasteiger partial charge >= 0.3 is 12.1 Å². The van der Waals surface area contributed by atoms with Crippen molar-refractivity contribution < 1.29 is 27.5 Å². The standard InChI is InChI=1S/C18H15F4NO2.C2H7N/c1-3-11-5-7-14(17(19)16(11)18(20,21)22)23-13-6-4-10(2)8-12(13)9-15(24)25;1-3-2/h3-8,23H,1,9H2,2H3,(H,24,25);3H,1-2H3. The van der Waals surface area contributed by atoms with Gasteiger partial charge in [-0.3, -0.25) is 4.79 Å². The SMILES string of the molecule is C=Cc1ccc(Nc2ccc(C)cc2CC(=O)O)c(F)c1C(F)(F)F.CNC. The van der Waals surface area contributed by atoms with Crippen molar-refractivity contribution in [1.29, 1.82) is 0 Å². The van der Waals surface area contributed by atoms with Crippen molar-refractivity contribution in [3.8, 4) is 0 Å². The molecule has 8 heteroatoms. The molecule has 0 spiro atoms. The Bertz CT molecular complexity index is 849. The smallest absolute Gasteiger partial charge is 0.419 e. The molecule has 0 aliphatic heterocycles. The van der Waals surface area contributed by atoms with Crippen LogP contribution in [-0.4, -0.2) is 25.2 Å². The molecule has 28 heavy (non-hydrogen) atoms. The number of alkyl halides is 3. The highest BCUT2D eigenvalue weighted by molar-refractivity contribution is 5.76. The molecule has 2 aromatic carbocycles. The monoisotopic (exact) mass is 398 g/mol. The summed E-state index contributed by atoms with van der Waals surface area (Å²) in [6.45, 7) is 5.01. The topological polar surface area (TPSA) is 61.4 Å². The third-order valence-electron chi connectivity index (χ3n) is 3.55. The third-order valence-corrected chi connectivity index (χ3v) is 3.55. The first-order valence-electron chi connectivity index (χ1n) is 8.24. The molecule has 0 saturated heterocycles. The van der Waals surface area contributed by atoms with Gasteiger partial charge in [0.15, 0.2) is 5.82 Å². The Morgan fingerprint density at radius 3 is 2.25 bits per heavy atom. The Kier molecular flexibility index (Phi) is 8.18. The number of carbonyl (C=O) groups is 1. The van der Waals surface area contributed by atoms with Crippen molar-refractivity contribution in [2.45, 2.75) is 19.5 Å². The van der Waals surface area contributed by atoms with Crippen molar-refractivity contribution >= 4 is 23.4 Å². The minimum atomic E-state index is -4.89. The van der Waals surface area contributed by atoms with E-state index in [0.717, 1.165) is 23.8 Å². The average Bonchev–Trinajstić information content (AvgIpc) is 2.57. The van der Waals surface area contributed by atoms with E-state index >= 15 is 0 Å². The lowest BCUT2D eigenvalue weighted by molar-refractivity contribution is -0.140. The summed E-state index contributed by atoms with van der Waals surface area (Å²) in [6, 6.07) is 6.99. The van der Waals surface area contributed by atoms with Gasteiger partial charge in [0.1, 0.15) is 5.56 Å². The number of benzene rings is 2. The lowest BCUT2D eigenvalue weighted by Crippen LogP contribution is -2.13. The second-order valence-electron chi connectivity index (χ2n) is 5.95. The largest absolute Gasteiger partial charge is 0.481 e. The van der Waals surface area contributed by atoms with Crippen LogP contribution in [0, 0.1) is 12.7 Å². The van der Waals surface area contributed by atoms with Crippen LogP contribution < -0.4 is 10.6 Å². The summed E-state index contributed by atoms with van der Waals surface area (Å²) < 4.78 is 53.8. The Morgan fingerprint density at radius 1 is 1.18 bits per heavy atom. The highest BCUT2D eigenvalue weighted by Gasteiger charge is 2.37. The van der Waals surface area contributed by atoms with Crippen molar-refractivity contribution in [1.82, 2.24) is 5.32 Å². The number of rotatable bonds is 5. The summed E-state index contributed by atoms with van der Waals surface area (Å²) in [5.74, 6) is -2.57. The van der Waals surface area contributed by atoms with Crippen LogP contribution in [0.5, 0.6) is 0 Å². The Hall–Kier alpha value is -2.87. The van der Waals surface area contributed by atoms with Gasteiger partial charge in [-0.1, -0.05) is 36.4 Å². The second kappa shape index (κ2) is 9.89. The number of anilines is 2. The van der Waals surface area contributed by atoms with Crippen LogP contribution in [0.2, 0.25) is 0 Å². The number of aryl methyl sites for hydroxylation is 1. The molecule has 0 saturated carbocycles. The van der Waals surface area contributed by atoms with Crippen LogP contribution in [0.3, 0.4) is 0 Å². The van der Waals surface area contributed by atoms with Gasteiger partial charge in [0, 0.05) is 5.69 Å². The van der Waals surface area contributed by atoms with Gasteiger partial charge < -0.3 is 15.7 Å². The van der Waals surface area contributed by atoms with Crippen LogP contribution >= 0.6 is 0 Å². The Labute approximate surface area is 160 Å². The van der Waals surface area contributed by atoms with Crippen molar-refractivity contribution in [2.24, 2.45) is 0 Å². The molecule has 2 aromatic rings. The molecule has 0 aromatic heterocycles. The van der Waals surface area contributed by atoms with E-state index in [-0.39, 0.29) is 17.7 Å². The fraction of sp³-hybridized carbons (Fsp3) is 0.250. The molecule has 2 rings (SSSR count). The molecule has 0 heterocycles. The van der Waals surface area contributed by atoms with Gasteiger partial charge in [0.2, 0.25) is 0 Å². The summed E-state index contributed by atoms with van der Waals surface area (Å²) in [5, 5.41) is 14.3. The molecule has 0 radical (unpaired) electrons. The van der Waals surface area contributed by atoms with Gasteiger partial charge in [0.05, 0.1) is 12.1 Å². The molecule has 4 nitrogen and oxygen atoms in total. The van der Waals surface area contributed by atoms with Crippen LogP contribution in [0.25, 0.3) is 6.08 Å². The van der Waals surface area contributed by atoms with E-state index in [1.165, 1.54) is 6.07 Å². The van der Waals surface area contributed by atoms with E-state index in [1.807, 2.05) is 14.1 Å². The van der Waals surface area contributed by atoms with Crippen molar-refractivity contribution in [3.05, 3.63) is 65.0 Å². The maximum Gasteiger partial charge on any atom is 0.419 e. The van der Waals surface area contributed by atoms with E-state index < -0.39 is 29.2 Å². The minimum Gasteiger partial charge on any atom is -0.481 e. The van der Waals surface area contributed by atoms with E-state index in [4.69, 9.17) is 5.11 Å². The third kappa shape index (κ3) is 6.09. The Morgan fingerprint density at radius 2 is 1.75 bits per heavy atom. The molecule has 0 bridgehead atoms. The lowest BCUT2D eigenvalue weighted by atomic mass is 10.0. The minimum absolute atomic E-state index is 0.228. The number of halogens is 4. The maximum absolute atomic E-state index is 14.4. The number of hydrogen-bond donors (Lipinski definition) is 3. The molecule has 152 valence electrons. The molecule has 3 N–H and O–H groups in total. The Balaban J connectivity index is 0.00000122. The van der Waals surface area contributed by atoms with Gasteiger partial charge in [-0.15, -0.1) is 0 Å². The zero-order chi connectivity index (χ0) is 21.5. The molecular formula is C20H22F4N2O2. The molecular weight excluding hydrogens is 376 g/mol. The number of carboxylic acids is 1. The predicted octanol–water partition coefficient (Wildman–Crippen LogP) is 5.00. The van der Waals surface area contributed by atoms with Crippen LogP contribution in [0.1, 0.15) is 22.3 Å².